The molecule has 7 nitrogen and oxygen atoms in total. The number of hydrogen-bond donors (Lipinski definition) is 1. The molecule has 1 fully saturated rings. The molecule has 0 aliphatic carbocycles. The van der Waals surface area contributed by atoms with Crippen molar-refractivity contribution in [1.29, 1.82) is 0 Å². The van der Waals surface area contributed by atoms with Crippen LogP contribution < -0.4 is 10.1 Å². The third-order valence-electron chi connectivity index (χ3n) is 5.10. The largest absolute Gasteiger partial charge is 0.513 e. The van der Waals surface area contributed by atoms with Crippen molar-refractivity contribution in [3.8, 4) is 5.75 Å². The smallest absolute Gasteiger partial charge is 0.434 e. The van der Waals surface area contributed by atoms with Gasteiger partial charge in [0.15, 0.2) is 0 Å². The minimum Gasteiger partial charge on any atom is -0.434 e. The predicted octanol–water partition coefficient (Wildman–Crippen LogP) is 4.16. The van der Waals surface area contributed by atoms with Crippen LogP contribution in [0, 0.1) is 5.92 Å². The molecule has 0 unspecified atom stereocenters. The zero-order valence-corrected chi connectivity index (χ0v) is 18.1. The number of hydrogen-bond acceptors (Lipinski definition) is 5. The molecule has 1 N–H and O–H groups in total. The Morgan fingerprint density at radius 2 is 1.77 bits per heavy atom. The second-order valence-corrected chi connectivity index (χ2v) is 7.70. The average Bonchev–Trinajstić information content (AvgIpc) is 2.78. The molecule has 2 aromatic carbocycles. The quantitative estimate of drug-likeness (QED) is 0.534. The number of benzene rings is 2. The Morgan fingerprint density at radius 1 is 1.06 bits per heavy atom. The molecule has 1 heterocycles. The molecule has 8 heteroatoms. The van der Waals surface area contributed by atoms with Crippen molar-refractivity contribution in [1.82, 2.24) is 10.2 Å². The van der Waals surface area contributed by atoms with E-state index in [1.165, 1.54) is 0 Å². The first-order valence-electron chi connectivity index (χ1n) is 10.2. The van der Waals surface area contributed by atoms with Gasteiger partial charge >= 0.3 is 6.16 Å². The van der Waals surface area contributed by atoms with E-state index in [4.69, 9.17) is 21.1 Å². The Morgan fingerprint density at radius 3 is 2.42 bits per heavy atom. The van der Waals surface area contributed by atoms with E-state index in [1.54, 1.807) is 55.5 Å². The summed E-state index contributed by atoms with van der Waals surface area (Å²) in [6.45, 7) is 3.75. The van der Waals surface area contributed by atoms with Crippen molar-refractivity contribution < 1.29 is 23.9 Å². The van der Waals surface area contributed by atoms with Gasteiger partial charge in [0.05, 0.1) is 6.61 Å². The number of halogens is 1. The summed E-state index contributed by atoms with van der Waals surface area (Å²) in [7, 11) is 0. The molecular weight excluding hydrogens is 420 g/mol. The number of rotatable bonds is 6. The monoisotopic (exact) mass is 444 g/mol. The molecule has 0 radical (unpaired) electrons. The summed E-state index contributed by atoms with van der Waals surface area (Å²) in [6.07, 6.45) is 0.859. The summed E-state index contributed by atoms with van der Waals surface area (Å²) in [4.78, 5) is 38.1. The second kappa shape index (κ2) is 10.8. The van der Waals surface area contributed by atoms with Crippen molar-refractivity contribution in [2.75, 3.05) is 26.2 Å². The van der Waals surface area contributed by atoms with Crippen molar-refractivity contribution in [3.63, 3.8) is 0 Å². The van der Waals surface area contributed by atoms with Crippen molar-refractivity contribution in [3.05, 3.63) is 64.7 Å². The van der Waals surface area contributed by atoms with Gasteiger partial charge in [-0.1, -0.05) is 17.7 Å². The van der Waals surface area contributed by atoms with Gasteiger partial charge in [-0.2, -0.15) is 0 Å². The first-order valence-corrected chi connectivity index (χ1v) is 10.6. The predicted molar refractivity (Wildman–Crippen MR) is 117 cm³/mol. The van der Waals surface area contributed by atoms with Gasteiger partial charge in [-0.15, -0.1) is 0 Å². The summed E-state index contributed by atoms with van der Waals surface area (Å²) in [5.41, 5.74) is 1.07. The first-order chi connectivity index (χ1) is 15.0. The fraction of sp³-hybridized carbons (Fsp3) is 0.348. The van der Waals surface area contributed by atoms with Crippen LogP contribution >= 0.6 is 11.6 Å². The van der Waals surface area contributed by atoms with Gasteiger partial charge < -0.3 is 19.7 Å². The molecule has 1 saturated heterocycles. The standard InChI is InChI=1S/C23H25ClN2O5/c1-2-30-23(29)31-20-8-6-17(7-9-20)21(27)25-15-16-10-12-26(13-11-16)22(28)18-4-3-5-19(24)14-18/h3-9,14,16H,2,10-13,15H2,1H3,(H,25,27). The minimum absolute atomic E-state index is 0.0184. The maximum atomic E-state index is 12.6. The summed E-state index contributed by atoms with van der Waals surface area (Å²) < 4.78 is 9.69. The first kappa shape index (κ1) is 22.6. The Balaban J connectivity index is 1.43. The molecule has 0 saturated carbocycles. The summed E-state index contributed by atoms with van der Waals surface area (Å²) >= 11 is 5.98. The molecule has 0 bridgehead atoms. The Labute approximate surface area is 186 Å². The molecule has 1 aliphatic heterocycles. The van der Waals surface area contributed by atoms with Crippen LogP contribution in [0.25, 0.3) is 0 Å². The van der Waals surface area contributed by atoms with Crippen LogP contribution in [0.1, 0.15) is 40.5 Å². The fourth-order valence-electron chi connectivity index (χ4n) is 3.40. The van der Waals surface area contributed by atoms with Gasteiger partial charge in [-0.3, -0.25) is 9.59 Å². The van der Waals surface area contributed by atoms with Crippen molar-refractivity contribution in [2.45, 2.75) is 19.8 Å². The van der Waals surface area contributed by atoms with E-state index in [2.05, 4.69) is 5.32 Å². The lowest BCUT2D eigenvalue weighted by atomic mass is 9.96. The van der Waals surface area contributed by atoms with E-state index in [0.29, 0.717) is 47.5 Å². The highest BCUT2D eigenvalue weighted by molar-refractivity contribution is 6.30. The highest BCUT2D eigenvalue weighted by Crippen LogP contribution is 2.20. The van der Waals surface area contributed by atoms with Gasteiger partial charge in [-0.05, 0) is 68.1 Å². The van der Waals surface area contributed by atoms with Crippen LogP contribution in [0.3, 0.4) is 0 Å². The molecule has 1 aliphatic rings. The van der Waals surface area contributed by atoms with Crippen LogP contribution in [0.5, 0.6) is 5.75 Å². The molecule has 2 amide bonds. The summed E-state index contributed by atoms with van der Waals surface area (Å²) in [6, 6.07) is 13.2. The molecule has 0 spiro atoms. The third-order valence-corrected chi connectivity index (χ3v) is 5.34. The number of nitrogens with one attached hydrogen (secondary N) is 1. The number of carbonyl (C=O) groups is 3. The average molecular weight is 445 g/mol. The lowest BCUT2D eigenvalue weighted by molar-refractivity contribution is 0.0684. The van der Waals surface area contributed by atoms with Gasteiger partial charge in [0.25, 0.3) is 11.8 Å². The zero-order chi connectivity index (χ0) is 22.2. The van der Waals surface area contributed by atoms with E-state index in [0.717, 1.165) is 12.8 Å². The summed E-state index contributed by atoms with van der Waals surface area (Å²) in [5, 5.41) is 3.49. The van der Waals surface area contributed by atoms with E-state index < -0.39 is 6.16 Å². The fourth-order valence-corrected chi connectivity index (χ4v) is 3.59. The van der Waals surface area contributed by atoms with Gasteiger partial charge in [0, 0.05) is 35.8 Å². The maximum Gasteiger partial charge on any atom is 0.513 e. The normalized spacial score (nSPS) is 14.1. The molecular formula is C23H25ClN2O5. The topological polar surface area (TPSA) is 84.9 Å². The highest BCUT2D eigenvalue weighted by Gasteiger charge is 2.24. The van der Waals surface area contributed by atoms with Gasteiger partial charge in [-0.25, -0.2) is 4.79 Å². The minimum atomic E-state index is -0.778. The lowest BCUT2D eigenvalue weighted by Crippen LogP contribution is -2.41. The van der Waals surface area contributed by atoms with Crippen LogP contribution in [0.2, 0.25) is 5.02 Å². The molecule has 3 rings (SSSR count). The molecule has 31 heavy (non-hydrogen) atoms. The number of ether oxygens (including phenoxy) is 2. The zero-order valence-electron chi connectivity index (χ0n) is 17.3. The lowest BCUT2D eigenvalue weighted by Gasteiger charge is -2.32. The van der Waals surface area contributed by atoms with Gasteiger partial charge in [0.1, 0.15) is 5.75 Å². The number of piperidine rings is 1. The Kier molecular flexibility index (Phi) is 7.89. The van der Waals surface area contributed by atoms with Crippen LogP contribution in [0.4, 0.5) is 4.79 Å². The molecule has 0 atom stereocenters. The highest BCUT2D eigenvalue weighted by atomic mass is 35.5. The van der Waals surface area contributed by atoms with Crippen LogP contribution in [-0.4, -0.2) is 49.1 Å². The number of carbonyl (C=O) groups excluding carboxylic acids is 3. The summed E-state index contributed by atoms with van der Waals surface area (Å²) in [5.74, 6) is 0.403. The number of amides is 2. The second-order valence-electron chi connectivity index (χ2n) is 7.27. The Bertz CT molecular complexity index is 924. The van der Waals surface area contributed by atoms with Crippen molar-refractivity contribution >= 4 is 29.6 Å². The third kappa shape index (κ3) is 6.46. The van der Waals surface area contributed by atoms with E-state index in [9.17, 15) is 14.4 Å². The van der Waals surface area contributed by atoms with Crippen LogP contribution in [0.15, 0.2) is 48.5 Å². The molecule has 164 valence electrons. The van der Waals surface area contributed by atoms with E-state index in [1.807, 2.05) is 4.90 Å². The molecule has 0 aromatic heterocycles. The van der Waals surface area contributed by atoms with Crippen LogP contribution in [-0.2, 0) is 4.74 Å². The molecule has 2 aromatic rings. The SMILES string of the molecule is CCOC(=O)Oc1ccc(C(=O)NCC2CCN(C(=O)c3cccc(Cl)c3)CC2)cc1. The van der Waals surface area contributed by atoms with Gasteiger partial charge in [0.2, 0.25) is 0 Å². The Hall–Kier alpha value is -3.06. The maximum absolute atomic E-state index is 12.6. The van der Waals surface area contributed by atoms with E-state index >= 15 is 0 Å². The van der Waals surface area contributed by atoms with Crippen molar-refractivity contribution in [2.24, 2.45) is 5.92 Å². The number of likely N-dealkylation sites (tertiary alicyclic amines) is 1. The van der Waals surface area contributed by atoms with E-state index in [-0.39, 0.29) is 18.4 Å². The number of nitrogens with zero attached hydrogens (tertiary/aromatic N) is 1.